The Labute approximate surface area is 209 Å². The number of rotatable bonds is 8. The van der Waals surface area contributed by atoms with Crippen molar-refractivity contribution < 1.29 is 4.79 Å². The number of hydrogen-bond acceptors (Lipinski definition) is 6. The molecule has 4 rings (SSSR count). The first kappa shape index (κ1) is 24.9. The van der Waals surface area contributed by atoms with Crippen molar-refractivity contribution in [3.05, 3.63) is 55.9 Å². The number of H-pyrrole nitrogens is 1. The van der Waals surface area contributed by atoms with Gasteiger partial charge in [-0.3, -0.25) is 9.59 Å². The number of carbonyl (C=O) groups excluding carboxylic acids is 1. The summed E-state index contributed by atoms with van der Waals surface area (Å²) in [6.07, 6.45) is 4.38. The maximum atomic E-state index is 13.1. The van der Waals surface area contributed by atoms with E-state index in [4.69, 9.17) is 4.98 Å². The van der Waals surface area contributed by atoms with Gasteiger partial charge in [0.05, 0.1) is 16.0 Å². The van der Waals surface area contributed by atoms with Gasteiger partial charge >= 0.3 is 0 Å². The monoisotopic (exact) mass is 498 g/mol. The first-order chi connectivity index (χ1) is 16.4. The molecule has 182 valence electrons. The van der Waals surface area contributed by atoms with Crippen LogP contribution in [0.4, 0.5) is 0 Å². The lowest BCUT2D eigenvalue weighted by Crippen LogP contribution is -2.44. The van der Waals surface area contributed by atoms with Crippen LogP contribution in [-0.2, 0) is 5.75 Å². The summed E-state index contributed by atoms with van der Waals surface area (Å²) in [7, 11) is 0. The Balaban J connectivity index is 1.45. The van der Waals surface area contributed by atoms with E-state index in [0.29, 0.717) is 26.7 Å². The summed E-state index contributed by atoms with van der Waals surface area (Å²) in [6.45, 7) is 11.4. The summed E-state index contributed by atoms with van der Waals surface area (Å²) in [5, 5.41) is 3.74. The van der Waals surface area contributed by atoms with E-state index in [1.807, 2.05) is 6.92 Å². The van der Waals surface area contributed by atoms with Gasteiger partial charge in [0.1, 0.15) is 10.7 Å². The number of likely N-dealkylation sites (tertiary alicyclic amines) is 1. The van der Waals surface area contributed by atoms with Crippen molar-refractivity contribution in [1.82, 2.24) is 20.2 Å². The molecule has 1 aromatic carbocycles. The average Bonchev–Trinajstić information content (AvgIpc) is 3.16. The highest BCUT2D eigenvalue weighted by Crippen LogP contribution is 2.29. The molecule has 8 heteroatoms. The minimum absolute atomic E-state index is 0.0850. The number of nitrogens with one attached hydrogen (secondary N) is 2. The molecule has 0 unspecified atom stereocenters. The number of nitrogens with zero attached hydrogens (tertiary/aromatic N) is 2. The van der Waals surface area contributed by atoms with Gasteiger partial charge in [-0.05, 0) is 63.8 Å². The van der Waals surface area contributed by atoms with Crippen LogP contribution in [0.1, 0.15) is 64.8 Å². The molecule has 6 nitrogen and oxygen atoms in total. The number of hydrogen-bond donors (Lipinski definition) is 2. The van der Waals surface area contributed by atoms with E-state index < -0.39 is 0 Å². The zero-order chi connectivity index (χ0) is 24.2. The van der Waals surface area contributed by atoms with Gasteiger partial charge in [-0.1, -0.05) is 31.0 Å². The molecule has 0 bridgehead atoms. The van der Waals surface area contributed by atoms with E-state index in [1.165, 1.54) is 40.2 Å². The lowest BCUT2D eigenvalue weighted by molar-refractivity contribution is 0.0914. The highest BCUT2D eigenvalue weighted by atomic mass is 32.2. The Morgan fingerprint density at radius 3 is 2.76 bits per heavy atom. The largest absolute Gasteiger partial charge is 0.349 e. The fraction of sp³-hybridized carbons (Fsp3) is 0.500. The second-order valence-electron chi connectivity index (χ2n) is 9.25. The summed E-state index contributed by atoms with van der Waals surface area (Å²) in [5.41, 5.74) is 2.97. The maximum absolute atomic E-state index is 13.1. The number of amides is 1. The zero-order valence-corrected chi connectivity index (χ0v) is 22.1. The third-order valence-corrected chi connectivity index (χ3v) is 8.87. The minimum Gasteiger partial charge on any atom is -0.349 e. The number of piperidine rings is 1. The summed E-state index contributed by atoms with van der Waals surface area (Å²) in [4.78, 5) is 38.5. The number of thiophene rings is 1. The van der Waals surface area contributed by atoms with Crippen molar-refractivity contribution in [3.8, 4) is 0 Å². The third kappa shape index (κ3) is 5.73. The van der Waals surface area contributed by atoms with E-state index in [9.17, 15) is 9.59 Å². The summed E-state index contributed by atoms with van der Waals surface area (Å²) in [6, 6.07) is 6.55. The molecule has 0 atom stereocenters. The zero-order valence-electron chi connectivity index (χ0n) is 20.5. The average molecular weight is 499 g/mol. The molecule has 0 saturated carbocycles. The van der Waals surface area contributed by atoms with Crippen LogP contribution in [0.15, 0.2) is 27.9 Å². The third-order valence-electron chi connectivity index (χ3n) is 6.51. The summed E-state index contributed by atoms with van der Waals surface area (Å²) < 4.78 is 0. The molecule has 1 amide bonds. The molecule has 1 aliphatic heterocycles. The molecule has 0 radical (unpaired) electrons. The molecule has 1 fully saturated rings. The van der Waals surface area contributed by atoms with Crippen LogP contribution in [0.25, 0.3) is 10.2 Å². The van der Waals surface area contributed by atoms with E-state index in [1.54, 1.807) is 11.8 Å². The summed E-state index contributed by atoms with van der Waals surface area (Å²) >= 11 is 2.99. The number of fused-ring (bicyclic) bond motifs is 1. The number of aromatic amines is 1. The lowest BCUT2D eigenvalue weighted by atomic mass is 10.0. The second-order valence-corrected chi connectivity index (χ2v) is 11.3. The van der Waals surface area contributed by atoms with Gasteiger partial charge in [0, 0.05) is 24.0 Å². The van der Waals surface area contributed by atoms with Gasteiger partial charge in [-0.2, -0.15) is 0 Å². The Bertz CT molecular complexity index is 1230. The number of thioether (sulfide) groups is 1. The Hall–Kier alpha value is -2.16. The van der Waals surface area contributed by atoms with Gasteiger partial charge in [0.15, 0.2) is 0 Å². The number of aryl methyl sites for hydroxylation is 3. The van der Waals surface area contributed by atoms with E-state index in [-0.39, 0.29) is 17.5 Å². The molecule has 3 heterocycles. The topological polar surface area (TPSA) is 78.1 Å². The molecule has 0 aliphatic carbocycles. The molecule has 1 aliphatic rings. The molecular formula is C26H34N4O2S2. The van der Waals surface area contributed by atoms with Gasteiger partial charge in [0.2, 0.25) is 0 Å². The first-order valence-electron chi connectivity index (χ1n) is 12.1. The van der Waals surface area contributed by atoms with E-state index in [0.717, 1.165) is 38.0 Å². The van der Waals surface area contributed by atoms with Crippen molar-refractivity contribution in [2.75, 3.05) is 19.6 Å². The van der Waals surface area contributed by atoms with Crippen LogP contribution in [0.5, 0.6) is 0 Å². The smallest absolute Gasteiger partial charge is 0.261 e. The van der Waals surface area contributed by atoms with Crippen LogP contribution in [0.3, 0.4) is 0 Å². The van der Waals surface area contributed by atoms with Crippen LogP contribution < -0.4 is 10.9 Å². The van der Waals surface area contributed by atoms with Crippen LogP contribution >= 0.6 is 23.1 Å². The normalized spacial score (nSPS) is 15.2. The number of carbonyl (C=O) groups is 1. The molecule has 1 saturated heterocycles. The Kier molecular flexibility index (Phi) is 8.11. The number of aromatic nitrogens is 2. The maximum Gasteiger partial charge on any atom is 0.261 e. The van der Waals surface area contributed by atoms with Gasteiger partial charge in [0.25, 0.3) is 11.5 Å². The predicted octanol–water partition coefficient (Wildman–Crippen LogP) is 5.20. The Morgan fingerprint density at radius 2 is 2.03 bits per heavy atom. The number of unbranched alkanes of at least 4 members (excludes halogenated alkanes) is 1. The van der Waals surface area contributed by atoms with Gasteiger partial charge in [-0.15, -0.1) is 23.1 Å². The van der Waals surface area contributed by atoms with Crippen molar-refractivity contribution in [2.24, 2.45) is 0 Å². The molecule has 2 N–H and O–H groups in total. The predicted molar refractivity (Wildman–Crippen MR) is 142 cm³/mol. The van der Waals surface area contributed by atoms with Crippen molar-refractivity contribution in [2.45, 2.75) is 70.1 Å². The van der Waals surface area contributed by atoms with Crippen molar-refractivity contribution >= 4 is 39.2 Å². The van der Waals surface area contributed by atoms with Crippen LogP contribution in [0.2, 0.25) is 0 Å². The lowest BCUT2D eigenvalue weighted by Gasteiger charge is -2.32. The second kappa shape index (κ2) is 11.1. The molecular weight excluding hydrogens is 464 g/mol. The van der Waals surface area contributed by atoms with Crippen molar-refractivity contribution in [1.29, 1.82) is 0 Å². The molecule has 2 aromatic heterocycles. The van der Waals surface area contributed by atoms with Crippen LogP contribution in [0, 0.1) is 20.8 Å². The quantitative estimate of drug-likeness (QED) is 0.418. The minimum atomic E-state index is -0.168. The summed E-state index contributed by atoms with van der Waals surface area (Å²) in [5.74, 6) is 1.12. The van der Waals surface area contributed by atoms with Gasteiger partial charge < -0.3 is 15.2 Å². The fourth-order valence-corrected chi connectivity index (χ4v) is 6.51. The SMILES string of the molecule is CCCCN1CCC(NC(=O)c2sc3nc(CSc4cc(C)ccc4C)[nH]c(=O)c3c2C)CC1. The molecule has 3 aromatic rings. The molecule has 34 heavy (non-hydrogen) atoms. The first-order valence-corrected chi connectivity index (χ1v) is 13.9. The molecule has 0 spiro atoms. The van der Waals surface area contributed by atoms with E-state index >= 15 is 0 Å². The highest BCUT2D eigenvalue weighted by molar-refractivity contribution is 7.98. The van der Waals surface area contributed by atoms with Crippen LogP contribution in [-0.4, -0.2) is 46.5 Å². The van der Waals surface area contributed by atoms with Gasteiger partial charge in [-0.25, -0.2) is 4.98 Å². The highest BCUT2D eigenvalue weighted by Gasteiger charge is 2.24. The fourth-order valence-electron chi connectivity index (χ4n) is 4.42. The Morgan fingerprint density at radius 1 is 1.26 bits per heavy atom. The number of benzene rings is 1. The van der Waals surface area contributed by atoms with E-state index in [2.05, 4.69) is 54.2 Å². The van der Waals surface area contributed by atoms with Crippen molar-refractivity contribution in [3.63, 3.8) is 0 Å². The standard InChI is InChI=1S/C26H34N4O2S2/c1-5-6-11-30-12-9-19(10-13-30)27-25(32)23-18(4)22-24(31)28-21(29-26(22)34-23)15-33-20-14-16(2)7-8-17(20)3/h7-8,14,19H,5-6,9-13,15H2,1-4H3,(H,27,32)(H,28,29,31).